The van der Waals surface area contributed by atoms with Crippen LogP contribution in [0.5, 0.6) is 0 Å². The molecule has 0 spiro atoms. The van der Waals surface area contributed by atoms with Crippen molar-refractivity contribution in [3.63, 3.8) is 0 Å². The molecule has 1 aliphatic heterocycles. The van der Waals surface area contributed by atoms with Crippen LogP contribution in [0, 0.1) is 0 Å². The van der Waals surface area contributed by atoms with Gasteiger partial charge in [0.1, 0.15) is 5.54 Å². The largest absolute Gasteiger partial charge is 0.467 e. The van der Waals surface area contributed by atoms with E-state index in [1.54, 1.807) is 0 Å². The number of ether oxygens (including phenoxy) is 1. The van der Waals surface area contributed by atoms with Crippen molar-refractivity contribution in [3.8, 4) is 0 Å². The highest BCUT2D eigenvalue weighted by atomic mass is 79.9. The fourth-order valence-electron chi connectivity index (χ4n) is 2.24. The predicted molar refractivity (Wildman–Crippen MR) is 74.6 cm³/mol. The molecule has 0 radical (unpaired) electrons. The van der Waals surface area contributed by atoms with Crippen molar-refractivity contribution in [3.05, 3.63) is 28.7 Å². The summed E-state index contributed by atoms with van der Waals surface area (Å²) in [7, 11) is 1.44. The number of benzene rings is 1. The lowest BCUT2D eigenvalue weighted by atomic mass is 9.88. The maximum atomic E-state index is 12.0. The molecular formula is C13H17BrN2O2. The van der Waals surface area contributed by atoms with E-state index < -0.39 is 5.54 Å². The molecule has 18 heavy (non-hydrogen) atoms. The Morgan fingerprint density at radius 3 is 2.50 bits per heavy atom. The fraction of sp³-hybridized carbons (Fsp3) is 0.462. The zero-order valence-electron chi connectivity index (χ0n) is 10.3. The van der Waals surface area contributed by atoms with Crippen LogP contribution in [0.4, 0.5) is 5.69 Å². The molecule has 2 N–H and O–H groups in total. The van der Waals surface area contributed by atoms with Gasteiger partial charge in [-0.05, 0) is 50.2 Å². The van der Waals surface area contributed by atoms with Crippen molar-refractivity contribution in [2.45, 2.75) is 18.4 Å². The number of esters is 1. The van der Waals surface area contributed by atoms with Crippen LogP contribution in [0.2, 0.25) is 0 Å². The van der Waals surface area contributed by atoms with E-state index >= 15 is 0 Å². The number of halogens is 1. The van der Waals surface area contributed by atoms with Gasteiger partial charge in [0.05, 0.1) is 7.11 Å². The van der Waals surface area contributed by atoms with Crippen LogP contribution in [0.25, 0.3) is 0 Å². The third kappa shape index (κ3) is 2.84. The van der Waals surface area contributed by atoms with Crippen LogP contribution in [0.1, 0.15) is 12.8 Å². The summed E-state index contributed by atoms with van der Waals surface area (Å²) in [4.78, 5) is 12.0. The van der Waals surface area contributed by atoms with Crippen molar-refractivity contribution in [1.29, 1.82) is 0 Å². The summed E-state index contributed by atoms with van der Waals surface area (Å²) in [6, 6.07) is 7.82. The molecule has 2 rings (SSSR count). The molecule has 1 aliphatic rings. The molecule has 0 aromatic heterocycles. The summed E-state index contributed by atoms with van der Waals surface area (Å²) >= 11 is 3.40. The zero-order chi connectivity index (χ0) is 13.0. The highest BCUT2D eigenvalue weighted by Gasteiger charge is 2.40. The molecule has 0 aliphatic carbocycles. The molecule has 1 fully saturated rings. The lowest BCUT2D eigenvalue weighted by molar-refractivity contribution is -0.147. The second-order valence-electron chi connectivity index (χ2n) is 4.46. The molecular weight excluding hydrogens is 296 g/mol. The van der Waals surface area contributed by atoms with Crippen molar-refractivity contribution in [2.24, 2.45) is 0 Å². The van der Waals surface area contributed by atoms with Gasteiger partial charge in [-0.25, -0.2) is 4.79 Å². The smallest absolute Gasteiger partial charge is 0.331 e. The van der Waals surface area contributed by atoms with Gasteiger partial charge in [0, 0.05) is 10.2 Å². The molecule has 98 valence electrons. The first kappa shape index (κ1) is 13.4. The van der Waals surface area contributed by atoms with Crippen LogP contribution in [-0.2, 0) is 9.53 Å². The van der Waals surface area contributed by atoms with E-state index in [-0.39, 0.29) is 5.97 Å². The zero-order valence-corrected chi connectivity index (χ0v) is 11.9. The minimum atomic E-state index is -0.603. The van der Waals surface area contributed by atoms with E-state index in [1.807, 2.05) is 24.3 Å². The number of hydrogen-bond acceptors (Lipinski definition) is 4. The molecule has 1 aromatic rings. The average molecular weight is 313 g/mol. The number of anilines is 1. The average Bonchev–Trinajstić information content (AvgIpc) is 2.41. The first-order chi connectivity index (χ1) is 8.66. The van der Waals surface area contributed by atoms with Crippen LogP contribution in [-0.4, -0.2) is 31.7 Å². The molecule has 0 saturated carbocycles. The number of methoxy groups -OCH3 is 1. The Bertz CT molecular complexity index is 414. The van der Waals surface area contributed by atoms with Crippen LogP contribution < -0.4 is 10.6 Å². The molecule has 0 bridgehead atoms. The molecule has 1 saturated heterocycles. The number of hydrogen-bond donors (Lipinski definition) is 2. The first-order valence-electron chi connectivity index (χ1n) is 5.99. The van der Waals surface area contributed by atoms with Gasteiger partial charge in [-0.2, -0.15) is 0 Å². The fourth-order valence-corrected chi connectivity index (χ4v) is 2.50. The van der Waals surface area contributed by atoms with Gasteiger partial charge >= 0.3 is 5.97 Å². The second-order valence-corrected chi connectivity index (χ2v) is 5.37. The van der Waals surface area contributed by atoms with E-state index in [0.717, 1.165) is 36.1 Å². The molecule has 5 heteroatoms. The third-order valence-electron chi connectivity index (χ3n) is 3.26. The Balaban J connectivity index is 2.19. The van der Waals surface area contributed by atoms with E-state index in [2.05, 4.69) is 26.6 Å². The minimum Gasteiger partial charge on any atom is -0.467 e. The van der Waals surface area contributed by atoms with Crippen LogP contribution in [0.3, 0.4) is 0 Å². The second kappa shape index (κ2) is 5.71. The van der Waals surface area contributed by atoms with Crippen molar-refractivity contribution >= 4 is 27.6 Å². The summed E-state index contributed by atoms with van der Waals surface area (Å²) in [5.41, 5.74) is 0.332. The Hall–Kier alpha value is -1.07. The summed E-state index contributed by atoms with van der Waals surface area (Å²) in [6.07, 6.45) is 1.46. The van der Waals surface area contributed by atoms with Gasteiger partial charge in [-0.3, -0.25) is 0 Å². The molecule has 4 nitrogen and oxygen atoms in total. The number of rotatable bonds is 3. The van der Waals surface area contributed by atoms with Crippen molar-refractivity contribution < 1.29 is 9.53 Å². The van der Waals surface area contributed by atoms with E-state index in [1.165, 1.54) is 7.11 Å². The quantitative estimate of drug-likeness (QED) is 0.840. The highest BCUT2D eigenvalue weighted by Crippen LogP contribution is 2.26. The van der Waals surface area contributed by atoms with Gasteiger partial charge in [-0.15, -0.1) is 0 Å². The van der Waals surface area contributed by atoms with Gasteiger partial charge in [0.2, 0.25) is 0 Å². The van der Waals surface area contributed by atoms with Crippen LogP contribution in [0.15, 0.2) is 28.7 Å². The Kier molecular flexibility index (Phi) is 4.24. The molecule has 1 aromatic carbocycles. The molecule has 1 heterocycles. The first-order valence-corrected chi connectivity index (χ1v) is 6.78. The molecule has 0 unspecified atom stereocenters. The lowest BCUT2D eigenvalue weighted by Crippen LogP contribution is -2.54. The third-order valence-corrected chi connectivity index (χ3v) is 3.79. The Labute approximate surface area is 115 Å². The van der Waals surface area contributed by atoms with E-state index in [0.29, 0.717) is 0 Å². The van der Waals surface area contributed by atoms with Crippen LogP contribution >= 0.6 is 15.9 Å². The van der Waals surface area contributed by atoms with Gasteiger partial charge in [0.15, 0.2) is 0 Å². The molecule has 0 atom stereocenters. The van der Waals surface area contributed by atoms with Crippen molar-refractivity contribution in [2.75, 3.05) is 25.5 Å². The lowest BCUT2D eigenvalue weighted by Gasteiger charge is -2.36. The Morgan fingerprint density at radius 2 is 1.94 bits per heavy atom. The van der Waals surface area contributed by atoms with Gasteiger partial charge < -0.3 is 15.4 Å². The maximum absolute atomic E-state index is 12.0. The number of carbonyl (C=O) groups excluding carboxylic acids is 1. The SMILES string of the molecule is COC(=O)C1(Nc2ccc(Br)cc2)CCNCC1. The molecule has 0 amide bonds. The standard InChI is InChI=1S/C13H17BrN2O2/c1-18-12(17)13(6-8-15-9-7-13)16-11-4-2-10(14)3-5-11/h2-5,15-16H,6-9H2,1H3. The highest BCUT2D eigenvalue weighted by molar-refractivity contribution is 9.10. The van der Waals surface area contributed by atoms with E-state index in [9.17, 15) is 4.79 Å². The number of nitrogens with one attached hydrogen (secondary N) is 2. The van der Waals surface area contributed by atoms with E-state index in [4.69, 9.17) is 4.74 Å². The summed E-state index contributed by atoms with van der Waals surface area (Å²) < 4.78 is 5.97. The predicted octanol–water partition coefficient (Wildman–Crippen LogP) is 2.16. The monoisotopic (exact) mass is 312 g/mol. The minimum absolute atomic E-state index is 0.188. The van der Waals surface area contributed by atoms with Gasteiger partial charge in [-0.1, -0.05) is 15.9 Å². The van der Waals surface area contributed by atoms with Crippen molar-refractivity contribution in [1.82, 2.24) is 5.32 Å². The topological polar surface area (TPSA) is 50.4 Å². The summed E-state index contributed by atoms with van der Waals surface area (Å²) in [5.74, 6) is -0.188. The normalized spacial score (nSPS) is 18.1. The maximum Gasteiger partial charge on any atom is 0.331 e. The summed E-state index contributed by atoms with van der Waals surface area (Å²) in [5, 5.41) is 6.59. The van der Waals surface area contributed by atoms with Gasteiger partial charge in [0.25, 0.3) is 0 Å². The summed E-state index contributed by atoms with van der Waals surface area (Å²) in [6.45, 7) is 1.64. The number of piperidine rings is 1. The Morgan fingerprint density at radius 1 is 1.33 bits per heavy atom. The number of carbonyl (C=O) groups is 1.